The van der Waals surface area contributed by atoms with Gasteiger partial charge >= 0.3 is 21.5 Å². The predicted molar refractivity (Wildman–Crippen MR) is 45.7 cm³/mol. The highest BCUT2D eigenvalue weighted by Crippen LogP contribution is 2.39. The fourth-order valence-electron chi connectivity index (χ4n) is 0.418. The maximum Gasteiger partial charge on any atom is 0.471 e. The van der Waals surface area contributed by atoms with Crippen molar-refractivity contribution in [2.45, 2.75) is 11.4 Å². The molecular formula is C4H7F5N2O4S2. The number of hydrogen-bond acceptors (Lipinski definition) is 4. The van der Waals surface area contributed by atoms with Crippen LogP contribution in [-0.4, -0.2) is 46.7 Å². The van der Waals surface area contributed by atoms with E-state index in [0.29, 0.717) is 0 Å². The van der Waals surface area contributed by atoms with Gasteiger partial charge in [0, 0.05) is 14.1 Å². The monoisotopic (exact) mass is 306 g/mol. The molecule has 6 nitrogen and oxygen atoms in total. The lowest BCUT2D eigenvalue weighted by atomic mass is 10.7. The van der Waals surface area contributed by atoms with Crippen LogP contribution in [0.3, 0.4) is 0 Å². The Labute approximate surface area is 93.6 Å². The highest BCUT2D eigenvalue weighted by atomic mass is 32.3. The van der Waals surface area contributed by atoms with Crippen LogP contribution in [0.2, 0.25) is 0 Å². The Morgan fingerprint density at radius 2 is 1.29 bits per heavy atom. The molecule has 1 N–H and O–H groups in total. The molecule has 0 bridgehead atoms. The first-order valence-corrected chi connectivity index (χ1v) is 6.47. The third-order valence-electron chi connectivity index (χ3n) is 1.36. The summed E-state index contributed by atoms with van der Waals surface area (Å²) in [4.78, 5) is 0. The molecule has 0 aliphatic heterocycles. The van der Waals surface area contributed by atoms with E-state index in [1.165, 1.54) is 0 Å². The molecule has 17 heavy (non-hydrogen) atoms. The maximum atomic E-state index is 12.4. The second-order valence-electron chi connectivity index (χ2n) is 2.89. The smallest absolute Gasteiger partial charge is 0.205 e. The van der Waals surface area contributed by atoms with Gasteiger partial charge in [0.15, 0.2) is 0 Å². The summed E-state index contributed by atoms with van der Waals surface area (Å²) in [6.07, 6.45) is -6.43. The highest BCUT2D eigenvalue weighted by molar-refractivity contribution is 8.04. The molecule has 0 aromatic carbocycles. The lowest BCUT2D eigenvalue weighted by Gasteiger charge is -2.21. The van der Waals surface area contributed by atoms with Crippen molar-refractivity contribution in [3.05, 3.63) is 0 Å². The number of rotatable bonds is 4. The van der Waals surface area contributed by atoms with E-state index in [1.807, 2.05) is 0 Å². The maximum absolute atomic E-state index is 12.4. The molecule has 0 radical (unpaired) electrons. The van der Waals surface area contributed by atoms with Crippen LogP contribution in [0.5, 0.6) is 0 Å². The Bertz CT molecular complexity index is 479. The van der Waals surface area contributed by atoms with Crippen molar-refractivity contribution in [3.63, 3.8) is 0 Å². The largest absolute Gasteiger partial charge is 0.471 e. The average molecular weight is 306 g/mol. The van der Waals surface area contributed by atoms with Gasteiger partial charge in [-0.2, -0.15) is 34.7 Å². The van der Waals surface area contributed by atoms with E-state index < -0.39 is 31.7 Å². The minimum absolute atomic E-state index is 0.122. The zero-order chi connectivity index (χ0) is 14.3. The molecule has 0 saturated carbocycles. The molecule has 0 aromatic rings. The van der Waals surface area contributed by atoms with Gasteiger partial charge in [-0.1, -0.05) is 4.13 Å². The Hall–Kier alpha value is -0.530. The van der Waals surface area contributed by atoms with Crippen molar-refractivity contribution in [1.82, 2.24) is 8.43 Å². The Morgan fingerprint density at radius 1 is 0.941 bits per heavy atom. The number of alkyl halides is 5. The van der Waals surface area contributed by atoms with E-state index in [4.69, 9.17) is 0 Å². The van der Waals surface area contributed by atoms with Crippen molar-refractivity contribution in [3.8, 4) is 0 Å². The van der Waals surface area contributed by atoms with Gasteiger partial charge in [-0.25, -0.2) is 8.42 Å². The van der Waals surface area contributed by atoms with E-state index >= 15 is 0 Å². The second-order valence-corrected chi connectivity index (χ2v) is 6.76. The van der Waals surface area contributed by atoms with Crippen LogP contribution in [0.1, 0.15) is 0 Å². The average Bonchev–Trinajstić information content (AvgIpc) is 1.98. The third-order valence-corrected chi connectivity index (χ3v) is 4.95. The molecule has 104 valence electrons. The molecule has 0 aromatic heterocycles. The SMILES string of the molecule is CN(C)S(=O)(=O)NS(=O)(=O)C(F)(F)C(F)(F)F. The summed E-state index contributed by atoms with van der Waals surface area (Å²) in [6.45, 7) is 0. The quantitative estimate of drug-likeness (QED) is 0.733. The molecule has 0 rings (SSSR count). The van der Waals surface area contributed by atoms with Gasteiger partial charge in [-0.15, -0.1) is 0 Å². The molecule has 0 aliphatic carbocycles. The van der Waals surface area contributed by atoms with Gasteiger partial charge in [0.2, 0.25) is 0 Å². The van der Waals surface area contributed by atoms with Gasteiger partial charge in [-0.05, 0) is 0 Å². The van der Waals surface area contributed by atoms with E-state index in [9.17, 15) is 38.8 Å². The Kier molecular flexibility index (Phi) is 4.16. The molecule has 0 aliphatic rings. The zero-order valence-corrected chi connectivity index (χ0v) is 9.92. The Morgan fingerprint density at radius 3 is 1.53 bits per heavy atom. The predicted octanol–water partition coefficient (Wildman–Crippen LogP) is -0.133. The van der Waals surface area contributed by atoms with Crippen molar-refractivity contribution >= 4 is 20.2 Å². The van der Waals surface area contributed by atoms with Crippen LogP contribution in [0, 0.1) is 0 Å². The number of nitrogens with one attached hydrogen (secondary N) is 1. The Balaban J connectivity index is 5.50. The van der Waals surface area contributed by atoms with E-state index in [0.717, 1.165) is 14.1 Å². The van der Waals surface area contributed by atoms with Gasteiger partial charge < -0.3 is 0 Å². The summed E-state index contributed by atoms with van der Waals surface area (Å²) >= 11 is 0. The fourth-order valence-corrected chi connectivity index (χ4v) is 2.85. The second kappa shape index (κ2) is 4.29. The van der Waals surface area contributed by atoms with Crippen molar-refractivity contribution < 1.29 is 38.8 Å². The summed E-state index contributed by atoms with van der Waals surface area (Å²) in [5.41, 5.74) is 0. The number of hydrogen-bond donors (Lipinski definition) is 1. The van der Waals surface area contributed by atoms with Crippen molar-refractivity contribution in [1.29, 1.82) is 0 Å². The molecule has 0 unspecified atom stereocenters. The van der Waals surface area contributed by atoms with Crippen molar-refractivity contribution in [2.75, 3.05) is 14.1 Å². The topological polar surface area (TPSA) is 83.6 Å². The first-order chi connectivity index (χ1) is 7.15. The van der Waals surface area contributed by atoms with Crippen molar-refractivity contribution in [2.24, 2.45) is 0 Å². The molecule has 0 atom stereocenters. The summed E-state index contributed by atoms with van der Waals surface area (Å²) in [5.74, 6) is 0. The summed E-state index contributed by atoms with van der Waals surface area (Å²) in [5, 5.41) is -6.22. The molecule has 0 saturated heterocycles. The number of nitrogens with zero attached hydrogens (tertiary/aromatic N) is 1. The van der Waals surface area contributed by atoms with Crippen LogP contribution in [0.15, 0.2) is 0 Å². The first-order valence-electron chi connectivity index (χ1n) is 3.55. The first kappa shape index (κ1) is 16.5. The molecule has 13 heteroatoms. The van der Waals surface area contributed by atoms with Crippen LogP contribution in [0.25, 0.3) is 0 Å². The van der Waals surface area contributed by atoms with Crippen LogP contribution >= 0.6 is 0 Å². The van der Waals surface area contributed by atoms with Gasteiger partial charge in [0.25, 0.3) is 10.2 Å². The normalized spacial score (nSPS) is 15.3. The van der Waals surface area contributed by atoms with E-state index in [-0.39, 0.29) is 8.43 Å². The lowest BCUT2D eigenvalue weighted by Crippen LogP contribution is -2.53. The number of halogens is 5. The molecule has 0 spiro atoms. The summed E-state index contributed by atoms with van der Waals surface area (Å²) < 4.78 is 103. The highest BCUT2D eigenvalue weighted by Gasteiger charge is 2.68. The molecular weight excluding hydrogens is 299 g/mol. The third kappa shape index (κ3) is 3.23. The van der Waals surface area contributed by atoms with Crippen LogP contribution < -0.4 is 4.13 Å². The minimum Gasteiger partial charge on any atom is -0.205 e. The minimum atomic E-state index is -6.46. The van der Waals surface area contributed by atoms with Gasteiger partial charge in [0.05, 0.1) is 0 Å². The molecule has 0 heterocycles. The molecule has 0 fully saturated rings. The fraction of sp³-hybridized carbons (Fsp3) is 1.00. The van der Waals surface area contributed by atoms with E-state index in [1.54, 1.807) is 0 Å². The summed E-state index contributed by atoms with van der Waals surface area (Å²) in [6, 6.07) is 0. The van der Waals surface area contributed by atoms with Crippen LogP contribution in [0.4, 0.5) is 22.0 Å². The lowest BCUT2D eigenvalue weighted by molar-refractivity contribution is -0.241. The zero-order valence-electron chi connectivity index (χ0n) is 8.29. The van der Waals surface area contributed by atoms with Gasteiger partial charge in [-0.3, -0.25) is 0 Å². The van der Waals surface area contributed by atoms with Crippen LogP contribution in [-0.2, 0) is 20.2 Å². The van der Waals surface area contributed by atoms with Gasteiger partial charge in [0.1, 0.15) is 0 Å². The molecule has 0 amide bonds. The van der Waals surface area contributed by atoms with E-state index in [2.05, 4.69) is 0 Å². The number of sulfonamides is 1. The standard InChI is InChI=1S/C4H7F5N2O4S2/c1-11(2)17(14,15)10-16(12,13)4(8,9)3(5,6)7/h10H,1-2H3. The summed E-state index contributed by atoms with van der Waals surface area (Å²) in [7, 11) is -9.96.